The van der Waals surface area contributed by atoms with Crippen LogP contribution in [0.4, 0.5) is 17.6 Å². The first kappa shape index (κ1) is 22.0. The van der Waals surface area contributed by atoms with Gasteiger partial charge in [0.1, 0.15) is 22.7 Å². The fourth-order valence-corrected chi connectivity index (χ4v) is 3.71. The fourth-order valence-electron chi connectivity index (χ4n) is 3.48. The first-order valence-corrected chi connectivity index (χ1v) is 10.1. The van der Waals surface area contributed by atoms with E-state index in [2.05, 4.69) is 36.0 Å². The molecule has 1 atom stereocenters. The van der Waals surface area contributed by atoms with Crippen molar-refractivity contribution >= 4 is 21.8 Å². The van der Waals surface area contributed by atoms with Gasteiger partial charge in [0.2, 0.25) is 0 Å². The lowest BCUT2D eigenvalue weighted by Crippen LogP contribution is -2.50. The predicted molar refractivity (Wildman–Crippen MR) is 108 cm³/mol. The Bertz CT molecular complexity index is 1160. The van der Waals surface area contributed by atoms with E-state index in [1.54, 1.807) is 18.2 Å². The summed E-state index contributed by atoms with van der Waals surface area (Å²) in [4.78, 5) is 21.4. The predicted octanol–water partition coefficient (Wildman–Crippen LogP) is 4.73. The SMILES string of the molecule is O=C(NC1(c2ccc(OC(F)(F)F)c(F)c2)CCOc2cccnc21)c1ccc(Br)cn1. The van der Waals surface area contributed by atoms with Crippen molar-refractivity contribution in [1.82, 2.24) is 15.3 Å². The summed E-state index contributed by atoms with van der Waals surface area (Å²) in [6.07, 6.45) is -1.98. The van der Waals surface area contributed by atoms with E-state index in [9.17, 15) is 22.4 Å². The number of rotatable bonds is 4. The highest BCUT2D eigenvalue weighted by Crippen LogP contribution is 2.42. The minimum atomic E-state index is -5.05. The number of amides is 1. The Morgan fingerprint density at radius 3 is 2.69 bits per heavy atom. The lowest BCUT2D eigenvalue weighted by Gasteiger charge is -2.39. The van der Waals surface area contributed by atoms with E-state index < -0.39 is 29.4 Å². The zero-order valence-corrected chi connectivity index (χ0v) is 17.7. The van der Waals surface area contributed by atoms with Gasteiger partial charge in [-0.3, -0.25) is 9.78 Å². The van der Waals surface area contributed by atoms with Crippen LogP contribution in [-0.2, 0) is 5.54 Å². The second-order valence-electron chi connectivity index (χ2n) is 6.86. The summed E-state index contributed by atoms with van der Waals surface area (Å²) in [5.74, 6) is -2.43. The van der Waals surface area contributed by atoms with Gasteiger partial charge >= 0.3 is 6.36 Å². The van der Waals surface area contributed by atoms with E-state index >= 15 is 0 Å². The number of hydrogen-bond donors (Lipinski definition) is 1. The Morgan fingerprint density at radius 2 is 2.00 bits per heavy atom. The molecule has 1 N–H and O–H groups in total. The van der Waals surface area contributed by atoms with E-state index in [1.807, 2.05) is 0 Å². The summed E-state index contributed by atoms with van der Waals surface area (Å²) < 4.78 is 62.3. The van der Waals surface area contributed by atoms with Crippen LogP contribution >= 0.6 is 15.9 Å². The molecule has 3 heterocycles. The Kier molecular flexibility index (Phi) is 5.76. The van der Waals surface area contributed by atoms with Crippen molar-refractivity contribution in [3.05, 3.63) is 82.1 Å². The van der Waals surface area contributed by atoms with Crippen molar-refractivity contribution in [3.8, 4) is 11.5 Å². The lowest BCUT2D eigenvalue weighted by atomic mass is 9.81. The molecular formula is C21H14BrF4N3O3. The quantitative estimate of drug-likeness (QED) is 0.512. The number of alkyl halides is 3. The Morgan fingerprint density at radius 1 is 1.19 bits per heavy atom. The van der Waals surface area contributed by atoms with Crippen LogP contribution in [0.15, 0.2) is 59.3 Å². The van der Waals surface area contributed by atoms with Crippen molar-refractivity contribution in [2.45, 2.75) is 18.3 Å². The molecule has 0 spiro atoms. The normalized spacial score (nSPS) is 17.8. The molecule has 1 aliphatic rings. The molecule has 1 unspecified atom stereocenters. The topological polar surface area (TPSA) is 73.3 Å². The van der Waals surface area contributed by atoms with Crippen LogP contribution in [0.3, 0.4) is 0 Å². The molecule has 0 bridgehead atoms. The van der Waals surface area contributed by atoms with Gasteiger partial charge in [-0.15, -0.1) is 13.2 Å². The largest absolute Gasteiger partial charge is 0.573 e. The van der Waals surface area contributed by atoms with E-state index in [1.165, 1.54) is 24.5 Å². The van der Waals surface area contributed by atoms with Gasteiger partial charge in [-0.2, -0.15) is 0 Å². The van der Waals surface area contributed by atoms with Crippen molar-refractivity contribution < 1.29 is 31.8 Å². The molecule has 0 aliphatic carbocycles. The highest BCUT2D eigenvalue weighted by molar-refractivity contribution is 9.10. The average Bonchev–Trinajstić information content (AvgIpc) is 2.75. The number of carbonyl (C=O) groups is 1. The number of fused-ring (bicyclic) bond motifs is 1. The molecule has 0 radical (unpaired) electrons. The number of carbonyl (C=O) groups excluding carboxylic acids is 1. The van der Waals surface area contributed by atoms with Crippen LogP contribution in [0.2, 0.25) is 0 Å². The molecule has 0 saturated carbocycles. The van der Waals surface area contributed by atoms with Crippen LogP contribution in [0, 0.1) is 5.82 Å². The second-order valence-corrected chi connectivity index (χ2v) is 7.78. The molecule has 6 nitrogen and oxygen atoms in total. The third-order valence-corrected chi connectivity index (χ3v) is 5.32. The molecule has 32 heavy (non-hydrogen) atoms. The van der Waals surface area contributed by atoms with E-state index in [0.717, 1.165) is 12.1 Å². The number of nitrogens with zero attached hydrogens (tertiary/aromatic N) is 2. The summed E-state index contributed by atoms with van der Waals surface area (Å²) in [5, 5.41) is 2.85. The van der Waals surface area contributed by atoms with Gasteiger partial charge in [0.15, 0.2) is 11.6 Å². The van der Waals surface area contributed by atoms with Gasteiger partial charge in [-0.05, 0) is 57.9 Å². The van der Waals surface area contributed by atoms with Gasteiger partial charge in [0.25, 0.3) is 5.91 Å². The van der Waals surface area contributed by atoms with E-state index in [0.29, 0.717) is 15.9 Å². The van der Waals surface area contributed by atoms with Gasteiger partial charge in [0.05, 0.1) is 6.61 Å². The molecule has 0 fully saturated rings. The van der Waals surface area contributed by atoms with Crippen LogP contribution in [-0.4, -0.2) is 28.8 Å². The monoisotopic (exact) mass is 511 g/mol. The standard InChI is InChI=1S/C21H14BrF4N3O3/c22-13-4-5-15(28-11-13)19(30)29-20(7-9-31-17-2-1-8-27-18(17)20)12-3-6-16(14(23)10-12)32-21(24,25)26/h1-6,8,10-11H,7,9H2,(H,29,30). The third kappa shape index (κ3) is 4.38. The van der Waals surface area contributed by atoms with E-state index in [-0.39, 0.29) is 24.3 Å². The Balaban J connectivity index is 1.80. The molecule has 1 amide bonds. The highest BCUT2D eigenvalue weighted by Gasteiger charge is 2.43. The molecule has 166 valence electrons. The maximum atomic E-state index is 14.6. The number of hydrogen-bond acceptors (Lipinski definition) is 5. The van der Waals surface area contributed by atoms with Crippen molar-refractivity contribution in [3.63, 3.8) is 0 Å². The zero-order chi connectivity index (χ0) is 22.9. The highest BCUT2D eigenvalue weighted by atomic mass is 79.9. The second kappa shape index (κ2) is 8.38. The number of ether oxygens (including phenoxy) is 2. The molecular weight excluding hydrogens is 498 g/mol. The van der Waals surface area contributed by atoms with Gasteiger partial charge in [0, 0.05) is 23.3 Å². The van der Waals surface area contributed by atoms with Crippen molar-refractivity contribution in [2.24, 2.45) is 0 Å². The summed E-state index contributed by atoms with van der Waals surface area (Å²) in [6.45, 7) is 0.148. The number of aromatic nitrogens is 2. The van der Waals surface area contributed by atoms with Crippen LogP contribution in [0.5, 0.6) is 11.5 Å². The first-order valence-electron chi connectivity index (χ1n) is 9.26. The first-order chi connectivity index (χ1) is 15.2. The molecule has 3 aromatic rings. The minimum Gasteiger partial charge on any atom is -0.491 e. The number of benzene rings is 1. The van der Waals surface area contributed by atoms with E-state index in [4.69, 9.17) is 4.74 Å². The molecule has 0 saturated heterocycles. The van der Waals surface area contributed by atoms with Gasteiger partial charge in [-0.25, -0.2) is 9.37 Å². The summed E-state index contributed by atoms with van der Waals surface area (Å²) in [5.41, 5.74) is -0.814. The van der Waals surface area contributed by atoms with Crippen molar-refractivity contribution in [1.29, 1.82) is 0 Å². The number of halogens is 5. The number of pyridine rings is 2. The summed E-state index contributed by atoms with van der Waals surface area (Å²) >= 11 is 3.24. The fraction of sp³-hybridized carbons (Fsp3) is 0.190. The van der Waals surface area contributed by atoms with Crippen molar-refractivity contribution in [2.75, 3.05) is 6.61 Å². The summed E-state index contributed by atoms with van der Waals surface area (Å²) in [7, 11) is 0. The minimum absolute atomic E-state index is 0.0917. The Labute approximate surface area is 187 Å². The average molecular weight is 512 g/mol. The molecule has 1 aliphatic heterocycles. The smallest absolute Gasteiger partial charge is 0.491 e. The summed E-state index contributed by atoms with van der Waals surface area (Å²) in [6, 6.07) is 9.40. The lowest BCUT2D eigenvalue weighted by molar-refractivity contribution is -0.275. The van der Waals surface area contributed by atoms with Crippen LogP contribution in [0.25, 0.3) is 0 Å². The molecule has 4 rings (SSSR count). The maximum Gasteiger partial charge on any atom is 0.573 e. The third-order valence-electron chi connectivity index (χ3n) is 4.85. The maximum absolute atomic E-state index is 14.6. The Hall–Kier alpha value is -3.21. The molecule has 11 heteroatoms. The molecule has 2 aromatic heterocycles. The van der Waals surface area contributed by atoms with Crippen LogP contribution < -0.4 is 14.8 Å². The van der Waals surface area contributed by atoms with Crippen LogP contribution in [0.1, 0.15) is 28.2 Å². The molecule has 1 aromatic carbocycles. The van der Waals surface area contributed by atoms with Gasteiger partial charge < -0.3 is 14.8 Å². The number of nitrogens with one attached hydrogen (secondary N) is 1. The zero-order valence-electron chi connectivity index (χ0n) is 16.1. The van der Waals surface area contributed by atoms with Gasteiger partial charge in [-0.1, -0.05) is 6.07 Å².